The van der Waals surface area contributed by atoms with Gasteiger partial charge in [-0.25, -0.2) is 4.99 Å². The Bertz CT molecular complexity index is 438. The molecule has 96 valence electrons. The predicted molar refractivity (Wildman–Crippen MR) is 78.5 cm³/mol. The second-order valence-corrected chi connectivity index (χ2v) is 4.55. The van der Waals surface area contributed by atoms with Crippen molar-refractivity contribution in [3.05, 3.63) is 29.8 Å². The number of aliphatic imine (C=N–C) groups is 1. The zero-order valence-corrected chi connectivity index (χ0v) is 11.3. The monoisotopic (exact) mass is 243 g/mol. The first-order valence-electron chi connectivity index (χ1n) is 6.22. The van der Waals surface area contributed by atoms with Crippen molar-refractivity contribution in [2.75, 3.05) is 5.32 Å². The van der Waals surface area contributed by atoms with E-state index in [2.05, 4.69) is 35.3 Å². The molecule has 1 atom stereocenters. The molecular weight excluding hydrogens is 222 g/mol. The summed E-state index contributed by atoms with van der Waals surface area (Å²) in [4.78, 5) is 4.28. The van der Waals surface area contributed by atoms with Gasteiger partial charge in [0.15, 0.2) is 5.96 Å². The number of nitrogens with two attached hydrogens (primary N) is 1. The second kappa shape index (κ2) is 6.70. The quantitative estimate of drug-likeness (QED) is 0.485. The molecule has 0 aliphatic rings. The third-order valence-corrected chi connectivity index (χ3v) is 2.71. The third kappa shape index (κ3) is 4.14. The molecule has 1 aromatic carbocycles. The van der Waals surface area contributed by atoms with Crippen LogP contribution in [0.4, 0.5) is 5.69 Å². The molecule has 0 aromatic heterocycles. The van der Waals surface area contributed by atoms with Gasteiger partial charge >= 0.3 is 0 Å². The maximum atomic E-state index is 5.83. The summed E-state index contributed by atoms with van der Waals surface area (Å²) in [5.41, 5.74) is 8.05. The number of hydrogen-bond acceptors (Lipinski definition) is 1. The van der Waals surface area contributed by atoms with Crippen LogP contribution in [0.25, 0.3) is 0 Å². The lowest BCUT2D eigenvalue weighted by atomic mass is 10.1. The molecule has 3 nitrogen and oxygen atoms in total. The Balaban J connectivity index is 2.71. The molecule has 0 saturated heterocycles. The lowest BCUT2D eigenvalue weighted by molar-refractivity contribution is 0.586. The van der Waals surface area contributed by atoms with Crippen LogP contribution in [0.15, 0.2) is 29.3 Å². The normalized spacial score (nSPS) is 13.2. The van der Waals surface area contributed by atoms with Crippen molar-refractivity contribution in [3.8, 4) is 12.3 Å². The van der Waals surface area contributed by atoms with E-state index in [-0.39, 0.29) is 12.0 Å². The Hall–Kier alpha value is -1.95. The van der Waals surface area contributed by atoms with E-state index >= 15 is 0 Å². The topological polar surface area (TPSA) is 50.4 Å². The van der Waals surface area contributed by atoms with Crippen molar-refractivity contribution in [3.63, 3.8) is 0 Å². The fraction of sp³-hybridized carbons (Fsp3) is 0.400. The standard InChI is InChI=1S/C15H21N3/c1-5-12-7-9-13(10-8-12)17-15(16)18-14(6-2)11(3)4/h2,7-11,14H,5H2,1,3-4H3,(H3,16,17,18). The number of terminal acetylenes is 1. The number of nitrogens with zero attached hydrogens (tertiary/aromatic N) is 1. The molecule has 0 amide bonds. The average Bonchev–Trinajstić information content (AvgIpc) is 2.36. The number of nitrogens with one attached hydrogen (secondary N) is 1. The maximum Gasteiger partial charge on any atom is 0.194 e. The van der Waals surface area contributed by atoms with Gasteiger partial charge in [0.1, 0.15) is 6.04 Å². The molecule has 0 fully saturated rings. The fourth-order valence-corrected chi connectivity index (χ4v) is 1.53. The highest BCUT2D eigenvalue weighted by Crippen LogP contribution is 2.10. The van der Waals surface area contributed by atoms with Crippen LogP contribution in [0.5, 0.6) is 0 Å². The summed E-state index contributed by atoms with van der Waals surface area (Å²) >= 11 is 0. The van der Waals surface area contributed by atoms with Crippen molar-refractivity contribution in [2.45, 2.75) is 33.2 Å². The maximum absolute atomic E-state index is 5.83. The zero-order chi connectivity index (χ0) is 13.5. The fourth-order valence-electron chi connectivity index (χ4n) is 1.53. The summed E-state index contributed by atoms with van der Waals surface area (Å²) in [5, 5.41) is 3.05. The summed E-state index contributed by atoms with van der Waals surface area (Å²) in [5.74, 6) is 3.26. The van der Waals surface area contributed by atoms with Gasteiger partial charge in [-0.15, -0.1) is 6.42 Å². The van der Waals surface area contributed by atoms with Crippen LogP contribution in [-0.4, -0.2) is 12.0 Å². The first-order chi connectivity index (χ1) is 8.56. The van der Waals surface area contributed by atoms with E-state index in [1.165, 1.54) is 5.56 Å². The minimum atomic E-state index is -0.188. The van der Waals surface area contributed by atoms with Gasteiger partial charge in [0.2, 0.25) is 0 Å². The van der Waals surface area contributed by atoms with Gasteiger partial charge in [-0.2, -0.15) is 0 Å². The Morgan fingerprint density at radius 3 is 2.44 bits per heavy atom. The van der Waals surface area contributed by atoms with Gasteiger partial charge in [-0.1, -0.05) is 38.8 Å². The third-order valence-electron chi connectivity index (χ3n) is 2.71. The SMILES string of the molecule is C#CC(N=C(N)Nc1ccc(CC)cc1)C(C)C. The number of benzene rings is 1. The minimum Gasteiger partial charge on any atom is -0.370 e. The molecule has 1 aromatic rings. The van der Waals surface area contributed by atoms with Gasteiger partial charge < -0.3 is 11.1 Å². The highest BCUT2D eigenvalue weighted by Gasteiger charge is 2.08. The van der Waals surface area contributed by atoms with Gasteiger partial charge in [0.05, 0.1) is 0 Å². The van der Waals surface area contributed by atoms with E-state index < -0.39 is 0 Å². The predicted octanol–water partition coefficient (Wildman–Crippen LogP) is 2.63. The summed E-state index contributed by atoms with van der Waals surface area (Å²) < 4.78 is 0. The van der Waals surface area contributed by atoms with Crippen molar-refractivity contribution < 1.29 is 0 Å². The number of anilines is 1. The van der Waals surface area contributed by atoms with Gasteiger partial charge in [0.25, 0.3) is 0 Å². The van der Waals surface area contributed by atoms with Crippen LogP contribution in [0.2, 0.25) is 0 Å². The summed E-state index contributed by atoms with van der Waals surface area (Å²) in [6.07, 6.45) is 6.44. The van der Waals surface area contributed by atoms with E-state index in [4.69, 9.17) is 12.2 Å². The van der Waals surface area contributed by atoms with E-state index in [0.717, 1.165) is 12.1 Å². The molecule has 1 unspecified atom stereocenters. The molecule has 0 aliphatic heterocycles. The molecule has 0 spiro atoms. The number of hydrogen-bond donors (Lipinski definition) is 2. The molecule has 1 rings (SSSR count). The van der Waals surface area contributed by atoms with Crippen LogP contribution in [0, 0.1) is 18.3 Å². The van der Waals surface area contributed by atoms with Crippen molar-refractivity contribution >= 4 is 11.6 Å². The number of aryl methyl sites for hydroxylation is 1. The van der Waals surface area contributed by atoms with E-state index in [0.29, 0.717) is 5.96 Å². The Morgan fingerprint density at radius 1 is 1.39 bits per heavy atom. The highest BCUT2D eigenvalue weighted by atomic mass is 15.1. The summed E-state index contributed by atoms with van der Waals surface area (Å²) in [7, 11) is 0. The molecular formula is C15H21N3. The van der Waals surface area contributed by atoms with E-state index in [1.807, 2.05) is 26.0 Å². The lowest BCUT2D eigenvalue weighted by Crippen LogP contribution is -2.26. The minimum absolute atomic E-state index is 0.188. The van der Waals surface area contributed by atoms with Crippen molar-refractivity contribution in [1.82, 2.24) is 0 Å². The average molecular weight is 243 g/mol. The van der Waals surface area contributed by atoms with Crippen LogP contribution < -0.4 is 11.1 Å². The first-order valence-corrected chi connectivity index (χ1v) is 6.22. The number of rotatable bonds is 4. The van der Waals surface area contributed by atoms with E-state index in [9.17, 15) is 0 Å². The van der Waals surface area contributed by atoms with Gasteiger partial charge in [-0.3, -0.25) is 0 Å². The smallest absolute Gasteiger partial charge is 0.194 e. The van der Waals surface area contributed by atoms with Crippen LogP contribution in [0.3, 0.4) is 0 Å². The van der Waals surface area contributed by atoms with Crippen molar-refractivity contribution in [1.29, 1.82) is 0 Å². The largest absolute Gasteiger partial charge is 0.370 e. The zero-order valence-electron chi connectivity index (χ0n) is 11.3. The molecule has 3 N–H and O–H groups in total. The first kappa shape index (κ1) is 14.1. The molecule has 0 heterocycles. The van der Waals surface area contributed by atoms with Crippen LogP contribution >= 0.6 is 0 Å². The lowest BCUT2D eigenvalue weighted by Gasteiger charge is -2.12. The van der Waals surface area contributed by atoms with Gasteiger partial charge in [0, 0.05) is 5.69 Å². The molecule has 0 radical (unpaired) electrons. The van der Waals surface area contributed by atoms with Crippen molar-refractivity contribution in [2.24, 2.45) is 16.6 Å². The highest BCUT2D eigenvalue weighted by molar-refractivity contribution is 5.92. The molecule has 0 aliphatic carbocycles. The van der Waals surface area contributed by atoms with Crippen LogP contribution in [0.1, 0.15) is 26.3 Å². The Kier molecular flexibility index (Phi) is 5.26. The molecule has 0 saturated carbocycles. The molecule has 18 heavy (non-hydrogen) atoms. The van der Waals surface area contributed by atoms with E-state index in [1.54, 1.807) is 0 Å². The Labute approximate surface area is 110 Å². The summed E-state index contributed by atoms with van der Waals surface area (Å²) in [6, 6.07) is 7.92. The number of guanidine groups is 1. The van der Waals surface area contributed by atoms with Crippen LogP contribution in [-0.2, 0) is 6.42 Å². The Morgan fingerprint density at radius 2 is 2.00 bits per heavy atom. The molecule has 0 bridgehead atoms. The summed E-state index contributed by atoms with van der Waals surface area (Å²) in [6.45, 7) is 6.17. The van der Waals surface area contributed by atoms with Gasteiger partial charge in [-0.05, 0) is 30.0 Å². The second-order valence-electron chi connectivity index (χ2n) is 4.55. The molecule has 3 heteroatoms.